The molecule has 8 heteroatoms. The van der Waals surface area contributed by atoms with Crippen LogP contribution in [-0.4, -0.2) is 42.1 Å². The van der Waals surface area contributed by atoms with Crippen molar-refractivity contribution in [1.82, 2.24) is 0 Å². The van der Waals surface area contributed by atoms with Crippen LogP contribution in [0.1, 0.15) is 96.3 Å². The molecule has 2 N–H and O–H groups in total. The monoisotopic (exact) mass is 733 g/mol. The first kappa shape index (κ1) is 38.5. The molecule has 2 aliphatic heterocycles. The third kappa shape index (κ3) is 8.30. The molecule has 6 rings (SSSR count). The second-order valence-corrected chi connectivity index (χ2v) is 17.1. The minimum atomic E-state index is -4.25. The zero-order valence-corrected chi connectivity index (χ0v) is 32.8. The van der Waals surface area contributed by atoms with Gasteiger partial charge in [-0.2, -0.15) is 4.58 Å². The van der Waals surface area contributed by atoms with Gasteiger partial charge in [0.25, 0.3) is 0 Å². The van der Waals surface area contributed by atoms with Crippen LogP contribution in [0.15, 0.2) is 120 Å². The summed E-state index contributed by atoms with van der Waals surface area (Å²) >= 11 is 0. The van der Waals surface area contributed by atoms with E-state index in [1.165, 1.54) is 28.1 Å². The molecule has 0 atom stereocenters. The van der Waals surface area contributed by atoms with Crippen LogP contribution in [-0.2, 0) is 27.5 Å². The van der Waals surface area contributed by atoms with Crippen LogP contribution >= 0.6 is 0 Å². The first-order chi connectivity index (χ1) is 25.3. The molecular weight excluding hydrogens is 679 g/mol. The number of unbranched alkanes of at least 4 members (excludes halogenated alkanes) is 2. The van der Waals surface area contributed by atoms with Gasteiger partial charge in [-0.3, -0.25) is 0 Å². The molecular formula is C45H55N3O4S. The molecule has 2 heterocycles. The first-order valence-corrected chi connectivity index (χ1v) is 20.8. The van der Waals surface area contributed by atoms with E-state index in [4.69, 9.17) is 10.5 Å². The van der Waals surface area contributed by atoms with Gasteiger partial charge in [-0.1, -0.05) is 81.8 Å². The van der Waals surface area contributed by atoms with E-state index in [1.807, 2.05) is 30.3 Å². The number of allylic oxidation sites excluding steroid dienone is 7. The summed E-state index contributed by atoms with van der Waals surface area (Å²) in [6, 6.07) is 25.3. The molecule has 7 nitrogen and oxygen atoms in total. The Morgan fingerprint density at radius 1 is 0.868 bits per heavy atom. The Balaban J connectivity index is 1.42. The fourth-order valence-corrected chi connectivity index (χ4v) is 8.71. The van der Waals surface area contributed by atoms with E-state index < -0.39 is 10.1 Å². The van der Waals surface area contributed by atoms with Crippen molar-refractivity contribution in [3.63, 3.8) is 0 Å². The summed E-state index contributed by atoms with van der Waals surface area (Å²) in [7, 11) is -4.25. The van der Waals surface area contributed by atoms with Gasteiger partial charge in [-0.05, 0) is 98.6 Å². The van der Waals surface area contributed by atoms with Crippen molar-refractivity contribution in [2.24, 2.45) is 5.73 Å². The molecule has 0 amide bonds. The van der Waals surface area contributed by atoms with Crippen LogP contribution in [0.4, 0.5) is 11.4 Å². The van der Waals surface area contributed by atoms with Gasteiger partial charge in [-0.25, -0.2) is 8.42 Å². The molecule has 0 saturated heterocycles. The first-order valence-electron chi connectivity index (χ1n) is 19.2. The molecule has 3 aliphatic rings. The molecule has 280 valence electrons. The van der Waals surface area contributed by atoms with Crippen molar-refractivity contribution < 1.29 is 22.3 Å². The SMILES string of the molecule is CCCCN1/C(=C/C=C2\CCCC(/C=C/C3=[N+](CCCCS(=O)(=O)[O-])c4ccccc4C3(C)C)=C2Oc2ccc(CN)cc2)C(C)(C)c2ccccc21. The Morgan fingerprint density at radius 2 is 1.58 bits per heavy atom. The van der Waals surface area contributed by atoms with Gasteiger partial charge in [-0.15, -0.1) is 0 Å². The van der Waals surface area contributed by atoms with Gasteiger partial charge in [0.1, 0.15) is 18.1 Å². The van der Waals surface area contributed by atoms with Gasteiger partial charge < -0.3 is 19.9 Å². The van der Waals surface area contributed by atoms with Crippen molar-refractivity contribution in [2.45, 2.75) is 96.9 Å². The Hall–Kier alpha value is -4.24. The fraction of sp³-hybridized carbons (Fsp3) is 0.400. The van der Waals surface area contributed by atoms with Crippen LogP contribution in [0.3, 0.4) is 0 Å². The molecule has 0 fully saturated rings. The normalized spacial score (nSPS) is 19.5. The molecule has 0 bridgehead atoms. The molecule has 0 saturated carbocycles. The highest BCUT2D eigenvalue weighted by Gasteiger charge is 2.44. The maximum Gasteiger partial charge on any atom is 0.209 e. The smallest absolute Gasteiger partial charge is 0.209 e. The lowest BCUT2D eigenvalue weighted by Crippen LogP contribution is -2.28. The Labute approximate surface area is 317 Å². The van der Waals surface area contributed by atoms with Gasteiger partial charge in [0.2, 0.25) is 5.69 Å². The second-order valence-electron chi connectivity index (χ2n) is 15.5. The average molecular weight is 734 g/mol. The van der Waals surface area contributed by atoms with Gasteiger partial charge >= 0.3 is 0 Å². The molecule has 3 aromatic carbocycles. The Bertz CT molecular complexity index is 2090. The van der Waals surface area contributed by atoms with E-state index >= 15 is 0 Å². The number of anilines is 1. The highest BCUT2D eigenvalue weighted by atomic mass is 32.2. The lowest BCUT2D eigenvalue weighted by atomic mass is 9.81. The standard InChI is InChI=1S/C45H55N3O4S/c1-6-7-29-47-39-19-10-8-17-37(39)44(2,3)41(47)27-23-34-15-14-16-35(43(34)52-36-25-21-33(32-46)22-26-36)24-28-42-45(4,5)38-18-9-11-20-40(38)48(42)30-12-13-31-53(49,50)51/h8-11,17-28H,6-7,12-16,29-32,46H2,1-5H3. The molecule has 0 unspecified atom stereocenters. The molecule has 1 aliphatic carbocycles. The van der Waals surface area contributed by atoms with E-state index in [2.05, 4.69) is 111 Å². The lowest BCUT2D eigenvalue weighted by Gasteiger charge is -2.27. The highest BCUT2D eigenvalue weighted by Crippen LogP contribution is 2.48. The van der Waals surface area contributed by atoms with Crippen molar-refractivity contribution in [3.05, 3.63) is 136 Å². The van der Waals surface area contributed by atoms with Crippen molar-refractivity contribution in [1.29, 1.82) is 0 Å². The molecule has 53 heavy (non-hydrogen) atoms. The van der Waals surface area contributed by atoms with E-state index in [9.17, 15) is 13.0 Å². The zero-order chi connectivity index (χ0) is 37.8. The topological polar surface area (TPSA) is 98.7 Å². The van der Waals surface area contributed by atoms with E-state index in [1.54, 1.807) is 0 Å². The zero-order valence-electron chi connectivity index (χ0n) is 32.0. The molecule has 0 radical (unpaired) electrons. The number of para-hydroxylation sites is 2. The largest absolute Gasteiger partial charge is 0.748 e. The summed E-state index contributed by atoms with van der Waals surface area (Å²) in [6.07, 6.45) is 15.0. The van der Waals surface area contributed by atoms with Crippen molar-refractivity contribution in [2.75, 3.05) is 23.7 Å². The number of nitrogens with two attached hydrogens (primary N) is 1. The third-order valence-corrected chi connectivity index (χ3v) is 11.9. The summed E-state index contributed by atoms with van der Waals surface area (Å²) in [5.41, 5.74) is 16.3. The Morgan fingerprint density at radius 3 is 2.30 bits per heavy atom. The number of ether oxygens (including phenoxy) is 1. The number of benzene rings is 3. The van der Waals surface area contributed by atoms with E-state index in [-0.39, 0.29) is 16.6 Å². The van der Waals surface area contributed by atoms with Crippen molar-refractivity contribution in [3.8, 4) is 5.75 Å². The second kappa shape index (κ2) is 16.0. The number of hydrogen-bond acceptors (Lipinski definition) is 6. The van der Waals surface area contributed by atoms with Crippen LogP contribution in [0, 0.1) is 0 Å². The summed E-state index contributed by atoms with van der Waals surface area (Å²) in [6.45, 7) is 13.5. The van der Waals surface area contributed by atoms with Crippen molar-refractivity contribution >= 4 is 27.2 Å². The molecule has 0 spiro atoms. The summed E-state index contributed by atoms with van der Waals surface area (Å²) in [4.78, 5) is 2.51. The minimum Gasteiger partial charge on any atom is -0.748 e. The number of rotatable bonds is 14. The van der Waals surface area contributed by atoms with Crippen LogP contribution < -0.4 is 15.4 Å². The summed E-state index contributed by atoms with van der Waals surface area (Å²) < 4.78 is 43.1. The number of fused-ring (bicyclic) bond motifs is 2. The van der Waals surface area contributed by atoms with Gasteiger partial charge in [0.05, 0.1) is 15.5 Å². The molecule has 3 aromatic rings. The van der Waals surface area contributed by atoms with Crippen LogP contribution in [0.25, 0.3) is 0 Å². The summed E-state index contributed by atoms with van der Waals surface area (Å²) in [5.74, 6) is 1.32. The summed E-state index contributed by atoms with van der Waals surface area (Å²) in [5, 5.41) is 0. The average Bonchev–Trinajstić information content (AvgIpc) is 3.49. The minimum absolute atomic E-state index is 0.136. The number of hydrogen-bond donors (Lipinski definition) is 1. The Kier molecular flexibility index (Phi) is 11.6. The molecule has 0 aromatic heterocycles. The quantitative estimate of drug-likeness (QED) is 0.101. The van der Waals surface area contributed by atoms with Gasteiger partial charge in [0, 0.05) is 59.8 Å². The maximum atomic E-state index is 11.3. The van der Waals surface area contributed by atoms with Crippen LogP contribution in [0.2, 0.25) is 0 Å². The van der Waals surface area contributed by atoms with E-state index in [0.717, 1.165) is 72.7 Å². The lowest BCUT2D eigenvalue weighted by molar-refractivity contribution is -0.438. The highest BCUT2D eigenvalue weighted by molar-refractivity contribution is 7.85. The van der Waals surface area contributed by atoms with Crippen LogP contribution in [0.5, 0.6) is 5.75 Å². The fourth-order valence-electron chi connectivity index (χ4n) is 8.15. The van der Waals surface area contributed by atoms with E-state index in [0.29, 0.717) is 25.9 Å². The predicted octanol–water partition coefficient (Wildman–Crippen LogP) is 9.33. The third-order valence-electron chi connectivity index (χ3n) is 11.1. The predicted molar refractivity (Wildman–Crippen MR) is 216 cm³/mol. The van der Waals surface area contributed by atoms with Gasteiger partial charge in [0.15, 0.2) is 5.71 Å². The number of nitrogens with zero attached hydrogens (tertiary/aromatic N) is 2. The maximum absolute atomic E-state index is 11.3.